The average Bonchev–Trinajstić information content (AvgIpc) is 2.76. The molecule has 0 aliphatic carbocycles. The monoisotopic (exact) mass is 211 g/mol. The summed E-state index contributed by atoms with van der Waals surface area (Å²) in [4.78, 5) is 16.8. The standard InChI is InChI=1S/C9H13N3O3/c1-6-10-8(11-15-6)5-12-3-2-7(4-12)9(13)14/h7H,2-5H2,1H3,(H,13,14)/t7-/m1/s1. The fourth-order valence-corrected chi connectivity index (χ4v) is 1.78. The lowest BCUT2D eigenvalue weighted by Crippen LogP contribution is -2.23. The van der Waals surface area contributed by atoms with Gasteiger partial charge in [0.25, 0.3) is 0 Å². The zero-order valence-corrected chi connectivity index (χ0v) is 8.51. The average molecular weight is 211 g/mol. The van der Waals surface area contributed by atoms with Gasteiger partial charge < -0.3 is 9.63 Å². The summed E-state index contributed by atoms with van der Waals surface area (Å²) in [5.41, 5.74) is 0. The smallest absolute Gasteiger partial charge is 0.307 e. The zero-order valence-electron chi connectivity index (χ0n) is 8.51. The minimum absolute atomic E-state index is 0.252. The van der Waals surface area contributed by atoms with Crippen LogP contribution in [0.2, 0.25) is 0 Å². The maximum absolute atomic E-state index is 10.7. The Morgan fingerprint density at radius 3 is 3.07 bits per heavy atom. The molecule has 1 aliphatic rings. The van der Waals surface area contributed by atoms with Crippen molar-refractivity contribution in [1.82, 2.24) is 15.0 Å². The van der Waals surface area contributed by atoms with E-state index in [0.717, 1.165) is 6.54 Å². The van der Waals surface area contributed by atoms with Crippen molar-refractivity contribution < 1.29 is 14.4 Å². The molecule has 0 unspecified atom stereocenters. The van der Waals surface area contributed by atoms with Crippen molar-refractivity contribution in [3.63, 3.8) is 0 Å². The number of hydrogen-bond donors (Lipinski definition) is 1. The molecule has 2 rings (SSSR count). The van der Waals surface area contributed by atoms with Crippen LogP contribution in [0.4, 0.5) is 0 Å². The third-order valence-corrected chi connectivity index (χ3v) is 2.56. The molecule has 6 nitrogen and oxygen atoms in total. The van der Waals surface area contributed by atoms with Crippen LogP contribution >= 0.6 is 0 Å². The van der Waals surface area contributed by atoms with Gasteiger partial charge in [-0.05, 0) is 13.0 Å². The van der Waals surface area contributed by atoms with Crippen LogP contribution in [0.15, 0.2) is 4.52 Å². The lowest BCUT2D eigenvalue weighted by Gasteiger charge is -2.11. The number of carboxylic acids is 1. The molecule has 0 saturated carbocycles. The van der Waals surface area contributed by atoms with E-state index in [9.17, 15) is 4.79 Å². The summed E-state index contributed by atoms with van der Waals surface area (Å²) in [7, 11) is 0. The fourth-order valence-electron chi connectivity index (χ4n) is 1.78. The molecule has 82 valence electrons. The van der Waals surface area contributed by atoms with Gasteiger partial charge in [-0.2, -0.15) is 4.98 Å². The first-order valence-corrected chi connectivity index (χ1v) is 4.89. The van der Waals surface area contributed by atoms with Gasteiger partial charge in [0.2, 0.25) is 5.89 Å². The van der Waals surface area contributed by atoms with Gasteiger partial charge in [0.1, 0.15) is 0 Å². The molecule has 1 aromatic heterocycles. The molecule has 0 bridgehead atoms. The largest absolute Gasteiger partial charge is 0.481 e. The van der Waals surface area contributed by atoms with Crippen LogP contribution in [-0.4, -0.2) is 39.2 Å². The van der Waals surface area contributed by atoms with Gasteiger partial charge >= 0.3 is 5.97 Å². The van der Waals surface area contributed by atoms with E-state index in [1.165, 1.54) is 0 Å². The Morgan fingerprint density at radius 1 is 1.73 bits per heavy atom. The van der Waals surface area contributed by atoms with E-state index in [1.807, 2.05) is 4.90 Å². The van der Waals surface area contributed by atoms with Gasteiger partial charge in [0, 0.05) is 13.5 Å². The second-order valence-electron chi connectivity index (χ2n) is 3.79. The Hall–Kier alpha value is -1.43. The van der Waals surface area contributed by atoms with Crippen molar-refractivity contribution in [2.24, 2.45) is 5.92 Å². The summed E-state index contributed by atoms with van der Waals surface area (Å²) < 4.78 is 4.84. The molecule has 0 aromatic carbocycles. The highest BCUT2D eigenvalue weighted by molar-refractivity contribution is 5.70. The van der Waals surface area contributed by atoms with Crippen LogP contribution in [-0.2, 0) is 11.3 Å². The van der Waals surface area contributed by atoms with E-state index in [2.05, 4.69) is 10.1 Å². The van der Waals surface area contributed by atoms with E-state index in [0.29, 0.717) is 31.2 Å². The molecule has 1 N–H and O–H groups in total. The Kier molecular flexibility index (Phi) is 2.68. The van der Waals surface area contributed by atoms with Crippen LogP contribution in [0.5, 0.6) is 0 Å². The number of aliphatic carboxylic acids is 1. The van der Waals surface area contributed by atoms with Crippen LogP contribution in [0.1, 0.15) is 18.1 Å². The zero-order chi connectivity index (χ0) is 10.8. The molecule has 1 fully saturated rings. The molecule has 0 radical (unpaired) electrons. The van der Waals surface area contributed by atoms with Crippen molar-refractivity contribution in [3.05, 3.63) is 11.7 Å². The van der Waals surface area contributed by atoms with Gasteiger partial charge in [0.05, 0.1) is 12.5 Å². The predicted octanol–water partition coefficient (Wildman–Crippen LogP) is 0.285. The molecule has 0 spiro atoms. The lowest BCUT2D eigenvalue weighted by atomic mass is 10.1. The highest BCUT2D eigenvalue weighted by Crippen LogP contribution is 2.17. The van der Waals surface area contributed by atoms with Crippen LogP contribution < -0.4 is 0 Å². The third kappa shape index (κ3) is 2.33. The Labute approximate surface area is 86.9 Å². The van der Waals surface area contributed by atoms with E-state index < -0.39 is 5.97 Å². The summed E-state index contributed by atoms with van der Waals surface area (Å²) >= 11 is 0. The Balaban J connectivity index is 1.90. The van der Waals surface area contributed by atoms with Crippen LogP contribution in [0.3, 0.4) is 0 Å². The topological polar surface area (TPSA) is 79.5 Å². The van der Waals surface area contributed by atoms with Crippen molar-refractivity contribution in [2.45, 2.75) is 19.9 Å². The number of aromatic nitrogens is 2. The second kappa shape index (κ2) is 3.98. The Morgan fingerprint density at radius 2 is 2.53 bits per heavy atom. The normalized spacial score (nSPS) is 22.1. The molecule has 6 heteroatoms. The van der Waals surface area contributed by atoms with Gasteiger partial charge in [0.15, 0.2) is 5.82 Å². The van der Waals surface area contributed by atoms with Gasteiger partial charge in [-0.25, -0.2) is 0 Å². The maximum atomic E-state index is 10.7. The number of nitrogens with zero attached hydrogens (tertiary/aromatic N) is 3. The molecule has 0 amide bonds. The highest BCUT2D eigenvalue weighted by atomic mass is 16.5. The summed E-state index contributed by atoms with van der Waals surface area (Å²) in [6.45, 7) is 3.66. The van der Waals surface area contributed by atoms with E-state index in [4.69, 9.17) is 9.63 Å². The van der Waals surface area contributed by atoms with E-state index in [1.54, 1.807) is 6.92 Å². The number of likely N-dealkylation sites (tertiary alicyclic amines) is 1. The molecule has 1 atom stereocenters. The minimum atomic E-state index is -0.721. The fraction of sp³-hybridized carbons (Fsp3) is 0.667. The summed E-state index contributed by atoms with van der Waals surface area (Å²) in [6, 6.07) is 0. The quantitative estimate of drug-likeness (QED) is 0.773. The van der Waals surface area contributed by atoms with Gasteiger partial charge in [-0.3, -0.25) is 9.69 Å². The summed E-state index contributed by atoms with van der Waals surface area (Å²) in [5.74, 6) is 0.192. The van der Waals surface area contributed by atoms with Crippen molar-refractivity contribution in [1.29, 1.82) is 0 Å². The number of carboxylic acid groups (broad SMARTS) is 1. The van der Waals surface area contributed by atoms with E-state index in [-0.39, 0.29) is 5.92 Å². The predicted molar refractivity (Wildman–Crippen MR) is 50.1 cm³/mol. The SMILES string of the molecule is Cc1nc(CN2CC[C@@H](C(=O)O)C2)no1. The highest BCUT2D eigenvalue weighted by Gasteiger charge is 2.28. The molecule has 15 heavy (non-hydrogen) atoms. The summed E-state index contributed by atoms with van der Waals surface area (Å²) in [6.07, 6.45) is 0.701. The third-order valence-electron chi connectivity index (χ3n) is 2.56. The number of hydrogen-bond acceptors (Lipinski definition) is 5. The maximum Gasteiger partial charge on any atom is 0.307 e. The van der Waals surface area contributed by atoms with E-state index >= 15 is 0 Å². The Bertz CT molecular complexity index is 363. The van der Waals surface area contributed by atoms with Gasteiger partial charge in [-0.15, -0.1) is 0 Å². The molecule has 2 heterocycles. The first-order chi connectivity index (χ1) is 7.15. The molecule has 1 aromatic rings. The second-order valence-corrected chi connectivity index (χ2v) is 3.79. The first-order valence-electron chi connectivity index (χ1n) is 4.89. The van der Waals surface area contributed by atoms with Gasteiger partial charge in [-0.1, -0.05) is 5.16 Å². The summed E-state index contributed by atoms with van der Waals surface area (Å²) in [5, 5.41) is 12.6. The van der Waals surface area contributed by atoms with Crippen molar-refractivity contribution in [2.75, 3.05) is 13.1 Å². The molecular formula is C9H13N3O3. The van der Waals surface area contributed by atoms with Crippen LogP contribution in [0, 0.1) is 12.8 Å². The van der Waals surface area contributed by atoms with Crippen molar-refractivity contribution >= 4 is 5.97 Å². The molecule has 1 saturated heterocycles. The van der Waals surface area contributed by atoms with Crippen molar-refractivity contribution in [3.8, 4) is 0 Å². The number of carbonyl (C=O) groups is 1. The lowest BCUT2D eigenvalue weighted by molar-refractivity contribution is -0.141. The van der Waals surface area contributed by atoms with Crippen LogP contribution in [0.25, 0.3) is 0 Å². The number of rotatable bonds is 3. The molecular weight excluding hydrogens is 198 g/mol. The minimum Gasteiger partial charge on any atom is -0.481 e. The first kappa shape index (κ1) is 10.1. The number of aryl methyl sites for hydroxylation is 1. The molecule has 1 aliphatic heterocycles.